The summed E-state index contributed by atoms with van der Waals surface area (Å²) in [6.07, 6.45) is 4.82. The summed E-state index contributed by atoms with van der Waals surface area (Å²) in [6, 6.07) is 2.01. The zero-order chi connectivity index (χ0) is 13.8. The second kappa shape index (κ2) is 6.19. The van der Waals surface area contributed by atoms with Crippen LogP contribution in [0.2, 0.25) is 0 Å². The summed E-state index contributed by atoms with van der Waals surface area (Å²) in [6.45, 7) is 5.50. The molecule has 2 atom stereocenters. The maximum absolute atomic E-state index is 11.6. The number of nitrogens with two attached hydrogens (primary N) is 1. The largest absolute Gasteiger partial charge is 0.353 e. The van der Waals surface area contributed by atoms with Crippen LogP contribution in [-0.4, -0.2) is 29.1 Å². The first-order chi connectivity index (χ1) is 9.15. The van der Waals surface area contributed by atoms with Crippen molar-refractivity contribution in [1.29, 1.82) is 0 Å². The van der Waals surface area contributed by atoms with Gasteiger partial charge in [-0.05, 0) is 39.2 Å². The highest BCUT2D eigenvalue weighted by molar-refractivity contribution is 5.39. The molecule has 1 aliphatic carbocycles. The summed E-state index contributed by atoms with van der Waals surface area (Å²) in [5.74, 6) is 1.96. The van der Waals surface area contributed by atoms with Gasteiger partial charge < -0.3 is 15.6 Å². The molecule has 3 N–H and O–H groups in total. The van der Waals surface area contributed by atoms with Crippen molar-refractivity contribution in [2.45, 2.75) is 45.6 Å². The lowest BCUT2D eigenvalue weighted by Gasteiger charge is -2.39. The molecule has 1 aromatic heterocycles. The minimum atomic E-state index is -0.0824. The van der Waals surface area contributed by atoms with E-state index in [1.54, 1.807) is 6.07 Å². The highest BCUT2D eigenvalue weighted by Gasteiger charge is 2.29. The van der Waals surface area contributed by atoms with Crippen LogP contribution < -0.4 is 16.2 Å². The molecular weight excluding hydrogens is 240 g/mol. The SMILES string of the molecule is CCN(c1cc(=O)[nH]c(C)n1)C1CCCCC1CN. The van der Waals surface area contributed by atoms with Crippen LogP contribution in [-0.2, 0) is 0 Å². The fraction of sp³-hybridized carbons (Fsp3) is 0.714. The van der Waals surface area contributed by atoms with E-state index in [0.717, 1.165) is 18.8 Å². The Morgan fingerprint density at radius 2 is 2.21 bits per heavy atom. The third-order valence-electron chi connectivity index (χ3n) is 4.05. The van der Waals surface area contributed by atoms with Gasteiger partial charge in [-0.15, -0.1) is 0 Å². The van der Waals surface area contributed by atoms with E-state index in [4.69, 9.17) is 5.73 Å². The molecule has 1 fully saturated rings. The second-order valence-corrected chi connectivity index (χ2v) is 5.32. The highest BCUT2D eigenvalue weighted by atomic mass is 16.1. The van der Waals surface area contributed by atoms with Gasteiger partial charge in [-0.3, -0.25) is 4.79 Å². The van der Waals surface area contributed by atoms with Crippen molar-refractivity contribution in [3.63, 3.8) is 0 Å². The number of aromatic amines is 1. The Labute approximate surface area is 114 Å². The van der Waals surface area contributed by atoms with Crippen molar-refractivity contribution in [3.05, 3.63) is 22.2 Å². The number of aromatic nitrogens is 2. The Bertz CT molecular complexity index is 471. The van der Waals surface area contributed by atoms with Crippen molar-refractivity contribution < 1.29 is 0 Å². The van der Waals surface area contributed by atoms with Gasteiger partial charge in [0.1, 0.15) is 11.6 Å². The van der Waals surface area contributed by atoms with Gasteiger partial charge in [-0.1, -0.05) is 12.8 Å². The standard InChI is InChI=1S/C14H24N4O/c1-3-18(12-7-5-4-6-11(12)9-15)13-8-14(19)17-10(2)16-13/h8,11-12H,3-7,9,15H2,1-2H3,(H,16,17,19). The van der Waals surface area contributed by atoms with E-state index in [1.165, 1.54) is 19.3 Å². The smallest absolute Gasteiger partial charge is 0.252 e. The molecule has 1 saturated carbocycles. The Morgan fingerprint density at radius 3 is 2.84 bits per heavy atom. The van der Waals surface area contributed by atoms with Gasteiger partial charge in [-0.2, -0.15) is 0 Å². The summed E-state index contributed by atoms with van der Waals surface area (Å²) in [7, 11) is 0. The molecule has 0 saturated heterocycles. The van der Waals surface area contributed by atoms with E-state index in [-0.39, 0.29) is 5.56 Å². The van der Waals surface area contributed by atoms with Gasteiger partial charge in [0.15, 0.2) is 0 Å². The zero-order valence-corrected chi connectivity index (χ0v) is 11.9. The van der Waals surface area contributed by atoms with Crippen LogP contribution in [0.4, 0.5) is 5.82 Å². The van der Waals surface area contributed by atoms with Crippen LogP contribution in [0.3, 0.4) is 0 Å². The van der Waals surface area contributed by atoms with E-state index >= 15 is 0 Å². The molecule has 0 aromatic carbocycles. The Morgan fingerprint density at radius 1 is 1.47 bits per heavy atom. The number of H-pyrrole nitrogens is 1. The quantitative estimate of drug-likeness (QED) is 0.862. The lowest BCUT2D eigenvalue weighted by Crippen LogP contribution is -2.46. The topological polar surface area (TPSA) is 75.0 Å². The average molecular weight is 264 g/mol. The maximum Gasteiger partial charge on any atom is 0.252 e. The van der Waals surface area contributed by atoms with Crippen LogP contribution >= 0.6 is 0 Å². The van der Waals surface area contributed by atoms with Gasteiger partial charge in [-0.25, -0.2) is 4.98 Å². The van der Waals surface area contributed by atoms with Gasteiger partial charge in [0.05, 0.1) is 0 Å². The number of hydrogen-bond acceptors (Lipinski definition) is 4. The van der Waals surface area contributed by atoms with Crippen LogP contribution in [0.15, 0.2) is 10.9 Å². The van der Waals surface area contributed by atoms with Gasteiger partial charge in [0, 0.05) is 18.7 Å². The first kappa shape index (κ1) is 14.1. The number of rotatable bonds is 4. The molecule has 1 aromatic rings. The molecule has 2 unspecified atom stereocenters. The Kier molecular flexibility index (Phi) is 4.58. The number of nitrogens with one attached hydrogen (secondary N) is 1. The maximum atomic E-state index is 11.6. The summed E-state index contributed by atoms with van der Waals surface area (Å²) in [4.78, 5) is 21.0. The molecular formula is C14H24N4O. The van der Waals surface area contributed by atoms with Crippen LogP contribution in [0.5, 0.6) is 0 Å². The van der Waals surface area contributed by atoms with Crippen molar-refractivity contribution in [2.75, 3.05) is 18.0 Å². The van der Waals surface area contributed by atoms with Crippen molar-refractivity contribution in [3.8, 4) is 0 Å². The normalized spacial score (nSPS) is 23.3. The third-order valence-corrected chi connectivity index (χ3v) is 4.05. The minimum Gasteiger partial charge on any atom is -0.353 e. The van der Waals surface area contributed by atoms with Gasteiger partial charge >= 0.3 is 0 Å². The fourth-order valence-electron chi connectivity index (χ4n) is 3.15. The summed E-state index contributed by atoms with van der Waals surface area (Å²) >= 11 is 0. The number of hydrogen-bond donors (Lipinski definition) is 2. The fourth-order valence-corrected chi connectivity index (χ4v) is 3.15. The van der Waals surface area contributed by atoms with Gasteiger partial charge in [0.25, 0.3) is 5.56 Å². The predicted octanol–water partition coefficient (Wildman–Crippen LogP) is 1.42. The van der Waals surface area contributed by atoms with Gasteiger partial charge in [0.2, 0.25) is 0 Å². The first-order valence-electron chi connectivity index (χ1n) is 7.20. The molecule has 5 heteroatoms. The monoisotopic (exact) mass is 264 g/mol. The number of nitrogens with zero attached hydrogens (tertiary/aromatic N) is 2. The van der Waals surface area contributed by atoms with Crippen LogP contribution in [0.1, 0.15) is 38.4 Å². The molecule has 0 bridgehead atoms. The van der Waals surface area contributed by atoms with Crippen LogP contribution in [0.25, 0.3) is 0 Å². The predicted molar refractivity (Wildman–Crippen MR) is 77.4 cm³/mol. The third kappa shape index (κ3) is 3.15. The molecule has 0 aliphatic heterocycles. The number of anilines is 1. The summed E-state index contributed by atoms with van der Waals surface area (Å²) < 4.78 is 0. The molecule has 106 valence electrons. The van der Waals surface area contributed by atoms with E-state index in [2.05, 4.69) is 21.8 Å². The number of aryl methyl sites for hydroxylation is 1. The molecule has 0 spiro atoms. The zero-order valence-electron chi connectivity index (χ0n) is 11.9. The molecule has 0 amide bonds. The Balaban J connectivity index is 2.29. The minimum absolute atomic E-state index is 0.0824. The molecule has 0 radical (unpaired) electrons. The molecule has 5 nitrogen and oxygen atoms in total. The average Bonchev–Trinajstić information content (AvgIpc) is 2.39. The van der Waals surface area contributed by atoms with Crippen molar-refractivity contribution in [1.82, 2.24) is 9.97 Å². The molecule has 2 rings (SSSR count). The Hall–Kier alpha value is -1.36. The highest BCUT2D eigenvalue weighted by Crippen LogP contribution is 2.29. The molecule has 19 heavy (non-hydrogen) atoms. The lowest BCUT2D eigenvalue weighted by molar-refractivity contribution is 0.299. The summed E-state index contributed by atoms with van der Waals surface area (Å²) in [5, 5.41) is 0. The molecule has 1 aliphatic rings. The van der Waals surface area contributed by atoms with E-state index in [0.29, 0.717) is 24.3 Å². The van der Waals surface area contributed by atoms with E-state index in [9.17, 15) is 4.79 Å². The van der Waals surface area contributed by atoms with Crippen LogP contribution in [0, 0.1) is 12.8 Å². The molecule has 1 heterocycles. The lowest BCUT2D eigenvalue weighted by atomic mass is 9.83. The van der Waals surface area contributed by atoms with Crippen molar-refractivity contribution >= 4 is 5.82 Å². The van der Waals surface area contributed by atoms with Crippen molar-refractivity contribution in [2.24, 2.45) is 11.7 Å². The second-order valence-electron chi connectivity index (χ2n) is 5.32. The summed E-state index contributed by atoms with van der Waals surface area (Å²) in [5.41, 5.74) is 5.83. The first-order valence-corrected chi connectivity index (χ1v) is 7.20. The van der Waals surface area contributed by atoms with E-state index < -0.39 is 0 Å². The van der Waals surface area contributed by atoms with E-state index in [1.807, 2.05) is 6.92 Å².